The van der Waals surface area contributed by atoms with Crippen molar-refractivity contribution >= 4 is 39.2 Å². The fourth-order valence-electron chi connectivity index (χ4n) is 3.23. The first-order valence-corrected chi connectivity index (χ1v) is 9.78. The molecule has 0 bridgehead atoms. The SMILES string of the molecule is O=C(CCC(=O)N1CCC[C@@H]1C(=O)Nc1ccccc1)c1ccc(Br)cc1. The maximum Gasteiger partial charge on any atom is 0.247 e. The van der Waals surface area contributed by atoms with Gasteiger partial charge in [-0.15, -0.1) is 0 Å². The molecule has 1 heterocycles. The quantitative estimate of drug-likeness (QED) is 0.705. The van der Waals surface area contributed by atoms with Gasteiger partial charge in [0.1, 0.15) is 6.04 Å². The summed E-state index contributed by atoms with van der Waals surface area (Å²) >= 11 is 3.34. The van der Waals surface area contributed by atoms with Crippen molar-refractivity contribution in [1.82, 2.24) is 4.90 Å². The maximum atomic E-state index is 12.6. The van der Waals surface area contributed by atoms with E-state index in [0.29, 0.717) is 24.2 Å². The van der Waals surface area contributed by atoms with Crippen LogP contribution in [-0.4, -0.2) is 35.1 Å². The number of anilines is 1. The smallest absolute Gasteiger partial charge is 0.247 e. The Balaban J connectivity index is 1.56. The van der Waals surface area contributed by atoms with Crippen LogP contribution >= 0.6 is 15.9 Å². The van der Waals surface area contributed by atoms with E-state index in [2.05, 4.69) is 21.2 Å². The molecule has 0 aliphatic carbocycles. The number of nitrogens with one attached hydrogen (secondary N) is 1. The monoisotopic (exact) mass is 428 g/mol. The normalized spacial score (nSPS) is 16.2. The van der Waals surface area contributed by atoms with Crippen LogP contribution in [0.5, 0.6) is 0 Å². The molecule has 140 valence electrons. The Kier molecular flexibility index (Phi) is 6.40. The number of benzene rings is 2. The lowest BCUT2D eigenvalue weighted by Gasteiger charge is -2.24. The maximum absolute atomic E-state index is 12.6. The third-order valence-electron chi connectivity index (χ3n) is 4.65. The van der Waals surface area contributed by atoms with Crippen molar-refractivity contribution in [1.29, 1.82) is 0 Å². The largest absolute Gasteiger partial charge is 0.331 e. The highest BCUT2D eigenvalue weighted by molar-refractivity contribution is 9.10. The zero-order valence-corrected chi connectivity index (χ0v) is 16.4. The van der Waals surface area contributed by atoms with Gasteiger partial charge < -0.3 is 10.2 Å². The Morgan fingerprint density at radius 1 is 1.00 bits per heavy atom. The van der Waals surface area contributed by atoms with Gasteiger partial charge in [-0.2, -0.15) is 0 Å². The van der Waals surface area contributed by atoms with Gasteiger partial charge in [-0.3, -0.25) is 14.4 Å². The van der Waals surface area contributed by atoms with Crippen molar-refractivity contribution in [2.75, 3.05) is 11.9 Å². The van der Waals surface area contributed by atoms with E-state index in [9.17, 15) is 14.4 Å². The predicted molar refractivity (Wildman–Crippen MR) is 108 cm³/mol. The molecule has 1 saturated heterocycles. The average Bonchev–Trinajstić information content (AvgIpc) is 3.17. The molecule has 2 amide bonds. The molecule has 0 spiro atoms. The lowest BCUT2D eigenvalue weighted by atomic mass is 10.1. The third-order valence-corrected chi connectivity index (χ3v) is 5.18. The van der Waals surface area contributed by atoms with Gasteiger partial charge >= 0.3 is 0 Å². The fourth-order valence-corrected chi connectivity index (χ4v) is 3.49. The summed E-state index contributed by atoms with van der Waals surface area (Å²) in [5.74, 6) is -0.391. The molecule has 1 aliphatic heterocycles. The first kappa shape index (κ1) is 19.3. The number of halogens is 1. The summed E-state index contributed by atoms with van der Waals surface area (Å²) in [5, 5.41) is 2.86. The van der Waals surface area contributed by atoms with Gasteiger partial charge in [0, 0.05) is 35.1 Å². The van der Waals surface area contributed by atoms with Crippen LogP contribution in [0.15, 0.2) is 59.1 Å². The zero-order chi connectivity index (χ0) is 19.2. The Morgan fingerprint density at radius 3 is 2.41 bits per heavy atom. The van der Waals surface area contributed by atoms with E-state index in [1.165, 1.54) is 0 Å². The van der Waals surface area contributed by atoms with E-state index in [-0.39, 0.29) is 30.4 Å². The number of nitrogens with zero attached hydrogens (tertiary/aromatic N) is 1. The van der Waals surface area contributed by atoms with E-state index in [4.69, 9.17) is 0 Å². The number of Topliss-reactive ketones (excluding diaryl/α,β-unsaturated/α-hetero) is 1. The van der Waals surface area contributed by atoms with Crippen LogP contribution in [-0.2, 0) is 9.59 Å². The van der Waals surface area contributed by atoms with Crippen LogP contribution in [0.25, 0.3) is 0 Å². The number of likely N-dealkylation sites (tertiary alicyclic amines) is 1. The van der Waals surface area contributed by atoms with Crippen molar-refractivity contribution < 1.29 is 14.4 Å². The molecule has 1 aliphatic rings. The Labute approximate surface area is 166 Å². The van der Waals surface area contributed by atoms with Crippen molar-refractivity contribution in [3.8, 4) is 0 Å². The van der Waals surface area contributed by atoms with Gasteiger partial charge in [0.15, 0.2) is 5.78 Å². The molecular weight excluding hydrogens is 408 g/mol. The second-order valence-corrected chi connectivity index (χ2v) is 7.45. The summed E-state index contributed by atoms with van der Waals surface area (Å²) in [6, 6.07) is 15.8. The highest BCUT2D eigenvalue weighted by atomic mass is 79.9. The minimum Gasteiger partial charge on any atom is -0.331 e. The van der Waals surface area contributed by atoms with E-state index >= 15 is 0 Å². The second kappa shape index (κ2) is 8.95. The zero-order valence-electron chi connectivity index (χ0n) is 14.9. The van der Waals surface area contributed by atoms with Crippen molar-refractivity contribution in [2.24, 2.45) is 0 Å². The van der Waals surface area contributed by atoms with Crippen LogP contribution < -0.4 is 5.32 Å². The minimum atomic E-state index is -0.472. The summed E-state index contributed by atoms with van der Waals surface area (Å²) in [7, 11) is 0. The average molecular weight is 429 g/mol. The van der Waals surface area contributed by atoms with E-state index in [1.54, 1.807) is 29.2 Å². The van der Waals surface area contributed by atoms with Crippen LogP contribution in [0.4, 0.5) is 5.69 Å². The molecule has 1 atom stereocenters. The molecule has 27 heavy (non-hydrogen) atoms. The number of rotatable bonds is 6. The van der Waals surface area contributed by atoms with E-state index in [1.807, 2.05) is 30.3 Å². The molecule has 2 aromatic carbocycles. The van der Waals surface area contributed by atoms with Gasteiger partial charge in [-0.25, -0.2) is 0 Å². The van der Waals surface area contributed by atoms with Crippen LogP contribution in [0.2, 0.25) is 0 Å². The van der Waals surface area contributed by atoms with Crippen LogP contribution in [0, 0.1) is 0 Å². The van der Waals surface area contributed by atoms with E-state index in [0.717, 1.165) is 10.9 Å². The van der Waals surface area contributed by atoms with Crippen molar-refractivity contribution in [3.05, 3.63) is 64.6 Å². The first-order chi connectivity index (χ1) is 13.0. The molecule has 6 heteroatoms. The van der Waals surface area contributed by atoms with Crippen molar-refractivity contribution in [2.45, 2.75) is 31.7 Å². The number of hydrogen-bond donors (Lipinski definition) is 1. The standard InChI is InChI=1S/C21H21BrN2O3/c22-16-10-8-15(9-11-16)19(25)12-13-20(26)24-14-4-7-18(24)21(27)23-17-5-2-1-3-6-17/h1-3,5-6,8-11,18H,4,7,12-14H2,(H,23,27)/t18-/m1/s1. The molecule has 5 nitrogen and oxygen atoms in total. The fraction of sp³-hybridized carbons (Fsp3) is 0.286. The summed E-state index contributed by atoms with van der Waals surface area (Å²) in [4.78, 5) is 39.0. The number of carbonyl (C=O) groups is 3. The molecular formula is C21H21BrN2O3. The topological polar surface area (TPSA) is 66.5 Å². The molecule has 3 rings (SSSR count). The van der Waals surface area contributed by atoms with Crippen molar-refractivity contribution in [3.63, 3.8) is 0 Å². The van der Waals surface area contributed by atoms with Gasteiger partial charge in [-0.1, -0.05) is 46.3 Å². The predicted octanol–water partition coefficient (Wildman–Crippen LogP) is 4.04. The van der Waals surface area contributed by atoms with Gasteiger partial charge in [0.2, 0.25) is 11.8 Å². The van der Waals surface area contributed by atoms with Gasteiger partial charge in [-0.05, 0) is 37.1 Å². The van der Waals surface area contributed by atoms with E-state index < -0.39 is 6.04 Å². The van der Waals surface area contributed by atoms with Gasteiger partial charge in [0.05, 0.1) is 0 Å². The summed E-state index contributed by atoms with van der Waals surface area (Å²) in [5.41, 5.74) is 1.30. The Morgan fingerprint density at radius 2 is 1.70 bits per heavy atom. The molecule has 1 N–H and O–H groups in total. The summed E-state index contributed by atoms with van der Waals surface area (Å²) in [6.45, 7) is 0.554. The summed E-state index contributed by atoms with van der Waals surface area (Å²) < 4.78 is 0.902. The molecule has 0 aromatic heterocycles. The Hall–Kier alpha value is -2.47. The van der Waals surface area contributed by atoms with Gasteiger partial charge in [0.25, 0.3) is 0 Å². The molecule has 1 fully saturated rings. The molecule has 2 aromatic rings. The lowest BCUT2D eigenvalue weighted by molar-refractivity contribution is -0.136. The molecule has 0 saturated carbocycles. The Bertz CT molecular complexity index is 821. The van der Waals surface area contributed by atoms with Crippen LogP contribution in [0.3, 0.4) is 0 Å². The number of ketones is 1. The highest BCUT2D eigenvalue weighted by Crippen LogP contribution is 2.21. The number of para-hydroxylation sites is 1. The van der Waals surface area contributed by atoms with Crippen LogP contribution in [0.1, 0.15) is 36.0 Å². The molecule has 0 unspecified atom stereocenters. The molecule has 0 radical (unpaired) electrons. The second-order valence-electron chi connectivity index (χ2n) is 6.53. The number of amides is 2. The third kappa shape index (κ3) is 5.04. The highest BCUT2D eigenvalue weighted by Gasteiger charge is 2.33. The number of hydrogen-bond acceptors (Lipinski definition) is 3. The minimum absolute atomic E-state index is 0.0691. The summed E-state index contributed by atoms with van der Waals surface area (Å²) in [6.07, 6.45) is 1.69. The number of carbonyl (C=O) groups excluding carboxylic acids is 3. The lowest BCUT2D eigenvalue weighted by Crippen LogP contribution is -2.43. The first-order valence-electron chi connectivity index (χ1n) is 8.99.